The van der Waals surface area contributed by atoms with Crippen molar-refractivity contribution in [3.63, 3.8) is 0 Å². The zero-order chi connectivity index (χ0) is 29.0. The molecule has 0 aliphatic carbocycles. The van der Waals surface area contributed by atoms with Crippen LogP contribution >= 0.6 is 22.7 Å². The topological polar surface area (TPSA) is 95.7 Å². The standard InChI is InChI=1S/C30H39N3O5S2Si/c1-30(35,22-9-11-25-26(17-22)40-29(34)33(25)20-36-15-16-41(2,3)4)28-32-24(19-39-28)23-10-8-21(18-31-23)12-14-38-27-7-5-6-13-37-27/h8-11,17-19,27,35H,5-7,12-16,20H2,1-4H3/q-1. The molecule has 0 bridgehead atoms. The summed E-state index contributed by atoms with van der Waals surface area (Å²) >= 11 is 2.56. The van der Waals surface area contributed by atoms with E-state index in [1.54, 1.807) is 11.5 Å². The third-order valence-electron chi connectivity index (χ3n) is 7.29. The molecule has 1 saturated heterocycles. The molecule has 1 aliphatic rings. The van der Waals surface area contributed by atoms with E-state index in [4.69, 9.17) is 19.2 Å². The van der Waals surface area contributed by atoms with Crippen LogP contribution in [0.1, 0.15) is 42.3 Å². The molecule has 0 saturated carbocycles. The SMILES string of the molecule is CC(O)(c1ccc2c(c1)sc(=O)n2COCC[Si-](C)(C)C)c1nc(-c2ccc(CCOC3CCCCO3)cn2)cs1. The van der Waals surface area contributed by atoms with E-state index < -0.39 is 13.7 Å². The van der Waals surface area contributed by atoms with E-state index >= 15 is 0 Å². The van der Waals surface area contributed by atoms with E-state index in [1.165, 1.54) is 22.7 Å². The number of aromatic nitrogens is 3. The van der Waals surface area contributed by atoms with E-state index in [0.29, 0.717) is 23.8 Å². The van der Waals surface area contributed by atoms with Gasteiger partial charge in [-0.15, -0.1) is 25.5 Å². The number of thiazole rings is 2. The van der Waals surface area contributed by atoms with Crippen LogP contribution in [0.25, 0.3) is 21.6 Å². The molecule has 41 heavy (non-hydrogen) atoms. The maximum atomic E-state index is 12.7. The molecule has 1 fully saturated rings. The van der Waals surface area contributed by atoms with Gasteiger partial charge in [-0.05, 0) is 61.9 Å². The van der Waals surface area contributed by atoms with Crippen LogP contribution in [0.5, 0.6) is 0 Å². The third kappa shape index (κ3) is 7.58. The van der Waals surface area contributed by atoms with Crippen molar-refractivity contribution in [2.75, 3.05) is 19.8 Å². The van der Waals surface area contributed by atoms with E-state index in [-0.39, 0.29) is 17.9 Å². The minimum Gasteiger partial charge on any atom is -0.378 e. The van der Waals surface area contributed by atoms with Gasteiger partial charge in [0.15, 0.2) is 6.29 Å². The van der Waals surface area contributed by atoms with Gasteiger partial charge in [-0.3, -0.25) is 14.3 Å². The quantitative estimate of drug-likeness (QED) is 0.149. The molecule has 5 rings (SSSR count). The molecule has 8 nitrogen and oxygen atoms in total. The molecule has 0 radical (unpaired) electrons. The molecule has 1 aliphatic heterocycles. The smallest absolute Gasteiger partial charge is 0.310 e. The van der Waals surface area contributed by atoms with Gasteiger partial charge in [0.2, 0.25) is 0 Å². The van der Waals surface area contributed by atoms with Gasteiger partial charge in [-0.2, -0.15) is 19.6 Å². The summed E-state index contributed by atoms with van der Waals surface area (Å²) in [6.07, 6.45) is 5.76. The van der Waals surface area contributed by atoms with Crippen molar-refractivity contribution in [2.24, 2.45) is 0 Å². The van der Waals surface area contributed by atoms with Crippen molar-refractivity contribution in [2.45, 2.75) is 76.9 Å². The molecule has 3 aromatic heterocycles. The molecule has 221 valence electrons. The normalized spacial score (nSPS) is 17.6. The summed E-state index contributed by atoms with van der Waals surface area (Å²) in [4.78, 5) is 22.0. The Balaban J connectivity index is 1.23. The summed E-state index contributed by atoms with van der Waals surface area (Å²) in [5.41, 5.74) is 2.74. The van der Waals surface area contributed by atoms with Gasteiger partial charge in [0.1, 0.15) is 17.3 Å². The van der Waals surface area contributed by atoms with Crippen LogP contribution in [0.4, 0.5) is 0 Å². The maximum Gasteiger partial charge on any atom is 0.310 e. The monoisotopic (exact) mass is 613 g/mol. The molecule has 0 spiro atoms. The molecule has 1 N–H and O–H groups in total. The van der Waals surface area contributed by atoms with Crippen LogP contribution in [-0.2, 0) is 33.0 Å². The van der Waals surface area contributed by atoms with Gasteiger partial charge in [-0.25, -0.2) is 4.98 Å². The summed E-state index contributed by atoms with van der Waals surface area (Å²) < 4.78 is 19.8. The summed E-state index contributed by atoms with van der Waals surface area (Å²) in [5, 5.41) is 14.0. The molecule has 1 aromatic carbocycles. The molecule has 2 unspecified atom stereocenters. The average Bonchev–Trinajstić information content (AvgIpc) is 3.56. The summed E-state index contributed by atoms with van der Waals surface area (Å²) in [7, 11) is -1.20. The van der Waals surface area contributed by atoms with Gasteiger partial charge in [0, 0.05) is 24.8 Å². The summed E-state index contributed by atoms with van der Waals surface area (Å²) in [5.74, 6) is 0. The minimum atomic E-state index is -1.32. The van der Waals surface area contributed by atoms with Gasteiger partial charge in [-0.1, -0.05) is 23.5 Å². The number of nitrogens with zero attached hydrogens (tertiary/aromatic N) is 3. The fourth-order valence-electron chi connectivity index (χ4n) is 4.64. The fraction of sp³-hybridized carbons (Fsp3) is 0.500. The maximum absolute atomic E-state index is 12.7. The predicted octanol–water partition coefficient (Wildman–Crippen LogP) is 6.24. The number of pyridine rings is 1. The lowest BCUT2D eigenvalue weighted by Gasteiger charge is -2.26. The first kappa shape index (κ1) is 30.2. The molecule has 4 aromatic rings. The van der Waals surface area contributed by atoms with Crippen molar-refractivity contribution < 1.29 is 19.3 Å². The Hall–Kier alpha value is -2.25. The lowest BCUT2D eigenvalue weighted by atomic mass is 9.96. The highest BCUT2D eigenvalue weighted by atomic mass is 32.1. The highest BCUT2D eigenvalue weighted by molar-refractivity contribution is 7.16. The van der Waals surface area contributed by atoms with Crippen molar-refractivity contribution in [1.82, 2.24) is 14.5 Å². The second-order valence-electron chi connectivity index (χ2n) is 11.9. The van der Waals surface area contributed by atoms with Crippen LogP contribution in [0.3, 0.4) is 0 Å². The minimum absolute atomic E-state index is 0.0651. The average molecular weight is 614 g/mol. The predicted molar refractivity (Wildman–Crippen MR) is 167 cm³/mol. The lowest BCUT2D eigenvalue weighted by Crippen LogP contribution is -2.23. The van der Waals surface area contributed by atoms with Crippen molar-refractivity contribution in [1.29, 1.82) is 0 Å². The Morgan fingerprint density at radius 2 is 2.02 bits per heavy atom. The number of hydrogen-bond donors (Lipinski definition) is 1. The highest BCUT2D eigenvalue weighted by Gasteiger charge is 2.30. The van der Waals surface area contributed by atoms with E-state index in [1.807, 2.05) is 41.9 Å². The number of fused-ring (bicyclic) bond motifs is 1. The Labute approximate surface area is 250 Å². The Bertz CT molecular complexity index is 1500. The van der Waals surface area contributed by atoms with Crippen LogP contribution < -0.4 is 4.87 Å². The second kappa shape index (κ2) is 12.9. The first-order valence-corrected chi connectivity index (χ1v) is 19.6. The number of rotatable bonds is 12. The Morgan fingerprint density at radius 3 is 2.76 bits per heavy atom. The van der Waals surface area contributed by atoms with Gasteiger partial charge in [0.05, 0.1) is 28.2 Å². The van der Waals surface area contributed by atoms with Gasteiger partial charge < -0.3 is 19.3 Å². The molecular formula is C30H39N3O5S2Si-. The Kier molecular flexibility index (Phi) is 9.54. The molecule has 2 atom stereocenters. The zero-order valence-corrected chi connectivity index (χ0v) is 26.9. The zero-order valence-electron chi connectivity index (χ0n) is 24.2. The summed E-state index contributed by atoms with van der Waals surface area (Å²) in [6, 6.07) is 10.7. The van der Waals surface area contributed by atoms with E-state index in [9.17, 15) is 9.90 Å². The van der Waals surface area contributed by atoms with Crippen molar-refractivity contribution in [3.05, 3.63) is 67.7 Å². The third-order valence-corrected chi connectivity index (χ3v) is 11.0. The molecule has 11 heteroatoms. The van der Waals surface area contributed by atoms with Crippen molar-refractivity contribution in [3.8, 4) is 11.4 Å². The van der Waals surface area contributed by atoms with E-state index in [0.717, 1.165) is 65.5 Å². The van der Waals surface area contributed by atoms with Crippen molar-refractivity contribution >= 4 is 41.0 Å². The van der Waals surface area contributed by atoms with Crippen LogP contribution in [0.15, 0.2) is 46.7 Å². The summed E-state index contributed by atoms with van der Waals surface area (Å²) in [6.45, 7) is 10.9. The van der Waals surface area contributed by atoms with E-state index in [2.05, 4.69) is 24.6 Å². The van der Waals surface area contributed by atoms with Gasteiger partial charge >= 0.3 is 4.87 Å². The number of ether oxygens (including phenoxy) is 3. The first-order chi connectivity index (χ1) is 19.6. The molecular weight excluding hydrogens is 575 g/mol. The van der Waals surface area contributed by atoms with Crippen LogP contribution in [0.2, 0.25) is 25.7 Å². The number of aliphatic hydroxyl groups is 1. The molecule has 4 heterocycles. The van der Waals surface area contributed by atoms with Crippen LogP contribution in [0, 0.1) is 0 Å². The molecule has 0 amide bonds. The van der Waals surface area contributed by atoms with Gasteiger partial charge in [0.25, 0.3) is 0 Å². The van der Waals surface area contributed by atoms with Crippen LogP contribution in [-0.4, -0.2) is 53.8 Å². The second-order valence-corrected chi connectivity index (χ2v) is 19.4. The fourth-order valence-corrected chi connectivity index (χ4v) is 7.21. The first-order valence-electron chi connectivity index (χ1n) is 14.2. The lowest BCUT2D eigenvalue weighted by molar-refractivity contribution is -0.161. The largest absolute Gasteiger partial charge is 0.378 e. The highest BCUT2D eigenvalue weighted by Crippen LogP contribution is 2.35. The number of benzene rings is 1. The Morgan fingerprint density at radius 1 is 1.17 bits per heavy atom. The number of hydrogen-bond acceptors (Lipinski definition) is 9.